The van der Waals surface area contributed by atoms with Crippen molar-refractivity contribution in [2.75, 3.05) is 6.54 Å². The van der Waals surface area contributed by atoms with Gasteiger partial charge in [-0.05, 0) is 43.0 Å². The zero-order valence-electron chi connectivity index (χ0n) is 14.8. The molecule has 0 aliphatic carbocycles. The lowest BCUT2D eigenvalue weighted by atomic mass is 10.1. The quantitative estimate of drug-likeness (QED) is 0.689. The Balaban J connectivity index is 1.56. The first-order valence-corrected chi connectivity index (χ1v) is 9.75. The van der Waals surface area contributed by atoms with E-state index in [4.69, 9.17) is 0 Å². The molecule has 1 aromatic carbocycles. The van der Waals surface area contributed by atoms with Gasteiger partial charge in [0.2, 0.25) is 0 Å². The van der Waals surface area contributed by atoms with E-state index in [9.17, 15) is 4.79 Å². The van der Waals surface area contributed by atoms with E-state index in [-0.39, 0.29) is 11.9 Å². The molecule has 3 aromatic rings. The number of amides is 1. The van der Waals surface area contributed by atoms with Crippen LogP contribution in [0.25, 0.3) is 0 Å². The van der Waals surface area contributed by atoms with E-state index < -0.39 is 0 Å². The van der Waals surface area contributed by atoms with Gasteiger partial charge in [0, 0.05) is 25.4 Å². The second-order valence-electron chi connectivity index (χ2n) is 6.62. The Labute approximate surface area is 157 Å². The van der Waals surface area contributed by atoms with Crippen molar-refractivity contribution in [1.29, 1.82) is 0 Å². The molecule has 1 fully saturated rings. The number of hydrogen-bond donors (Lipinski definition) is 0. The maximum atomic E-state index is 13.2. The predicted octanol–water partition coefficient (Wildman–Crippen LogP) is 4.41. The third-order valence-electron chi connectivity index (χ3n) is 4.84. The van der Waals surface area contributed by atoms with E-state index in [2.05, 4.69) is 22.1 Å². The SMILES string of the molecule is Cc1nc(Cc2ccccc2)sc1C(=O)N1CCC[C@@H]1c1ccncc1. The summed E-state index contributed by atoms with van der Waals surface area (Å²) in [4.78, 5) is 24.7. The number of likely N-dealkylation sites (tertiary alicyclic amines) is 1. The fourth-order valence-electron chi connectivity index (χ4n) is 3.57. The number of nitrogens with zero attached hydrogens (tertiary/aromatic N) is 3. The van der Waals surface area contributed by atoms with Crippen molar-refractivity contribution in [3.63, 3.8) is 0 Å². The summed E-state index contributed by atoms with van der Waals surface area (Å²) in [5.41, 5.74) is 3.22. The van der Waals surface area contributed by atoms with Crippen molar-refractivity contribution >= 4 is 17.2 Å². The van der Waals surface area contributed by atoms with Crippen LogP contribution in [0, 0.1) is 6.92 Å². The van der Waals surface area contributed by atoms with E-state index in [1.54, 1.807) is 12.4 Å². The zero-order valence-corrected chi connectivity index (χ0v) is 15.6. The van der Waals surface area contributed by atoms with E-state index in [0.29, 0.717) is 0 Å². The summed E-state index contributed by atoms with van der Waals surface area (Å²) in [7, 11) is 0. The van der Waals surface area contributed by atoms with E-state index in [1.165, 1.54) is 16.9 Å². The van der Waals surface area contributed by atoms with E-state index in [0.717, 1.165) is 46.9 Å². The monoisotopic (exact) mass is 363 g/mol. The fraction of sp³-hybridized carbons (Fsp3) is 0.286. The molecule has 0 unspecified atom stereocenters. The van der Waals surface area contributed by atoms with Crippen molar-refractivity contribution in [2.45, 2.75) is 32.2 Å². The first kappa shape index (κ1) is 16.9. The molecule has 5 heteroatoms. The average Bonchev–Trinajstić information content (AvgIpc) is 3.30. The molecule has 132 valence electrons. The molecule has 0 bridgehead atoms. The smallest absolute Gasteiger partial charge is 0.266 e. The van der Waals surface area contributed by atoms with Gasteiger partial charge in [-0.2, -0.15) is 0 Å². The first-order chi connectivity index (χ1) is 12.7. The van der Waals surface area contributed by atoms with Crippen LogP contribution in [0.5, 0.6) is 0 Å². The molecule has 0 radical (unpaired) electrons. The lowest BCUT2D eigenvalue weighted by Gasteiger charge is -2.24. The molecule has 1 aliphatic rings. The minimum absolute atomic E-state index is 0.110. The number of pyridine rings is 1. The van der Waals surface area contributed by atoms with Crippen LogP contribution < -0.4 is 0 Å². The van der Waals surface area contributed by atoms with Gasteiger partial charge in [0.1, 0.15) is 4.88 Å². The van der Waals surface area contributed by atoms with Crippen LogP contribution in [-0.4, -0.2) is 27.3 Å². The number of aromatic nitrogens is 2. The maximum Gasteiger partial charge on any atom is 0.266 e. The lowest BCUT2D eigenvalue weighted by Crippen LogP contribution is -2.30. The number of carbonyl (C=O) groups is 1. The Morgan fingerprint density at radius 2 is 1.96 bits per heavy atom. The van der Waals surface area contributed by atoms with Crippen molar-refractivity contribution in [2.24, 2.45) is 0 Å². The first-order valence-electron chi connectivity index (χ1n) is 8.93. The van der Waals surface area contributed by atoms with Crippen molar-refractivity contribution < 1.29 is 4.79 Å². The minimum atomic E-state index is 0.110. The summed E-state index contributed by atoms with van der Waals surface area (Å²) in [5.74, 6) is 0.110. The largest absolute Gasteiger partial charge is 0.331 e. The van der Waals surface area contributed by atoms with Gasteiger partial charge in [-0.3, -0.25) is 9.78 Å². The fourth-order valence-corrected chi connectivity index (χ4v) is 4.62. The Bertz CT molecular complexity index is 892. The van der Waals surface area contributed by atoms with Crippen LogP contribution in [0.3, 0.4) is 0 Å². The van der Waals surface area contributed by atoms with Crippen molar-refractivity contribution in [3.8, 4) is 0 Å². The van der Waals surface area contributed by atoms with Gasteiger partial charge in [-0.1, -0.05) is 30.3 Å². The second-order valence-corrected chi connectivity index (χ2v) is 7.71. The lowest BCUT2D eigenvalue weighted by molar-refractivity contribution is 0.0739. The number of hydrogen-bond acceptors (Lipinski definition) is 4. The standard InChI is InChI=1S/C21H21N3OS/c1-15-20(26-19(23-15)14-16-6-3-2-4-7-16)21(25)24-13-5-8-18(24)17-9-11-22-12-10-17/h2-4,6-7,9-12,18H,5,8,13-14H2,1H3/t18-/m1/s1. The molecule has 2 aromatic heterocycles. The number of rotatable bonds is 4. The molecule has 1 atom stereocenters. The molecule has 1 amide bonds. The summed E-state index contributed by atoms with van der Waals surface area (Å²) >= 11 is 1.53. The van der Waals surface area contributed by atoms with Gasteiger partial charge in [0.15, 0.2) is 0 Å². The van der Waals surface area contributed by atoms with Gasteiger partial charge in [0.25, 0.3) is 5.91 Å². The highest BCUT2D eigenvalue weighted by atomic mass is 32.1. The molecule has 4 nitrogen and oxygen atoms in total. The molecule has 0 spiro atoms. The summed E-state index contributed by atoms with van der Waals surface area (Å²) < 4.78 is 0. The van der Waals surface area contributed by atoms with Crippen LogP contribution in [-0.2, 0) is 6.42 Å². The van der Waals surface area contributed by atoms with E-state index >= 15 is 0 Å². The normalized spacial score (nSPS) is 16.8. The summed E-state index contributed by atoms with van der Waals surface area (Å²) in [6.07, 6.45) is 6.41. The summed E-state index contributed by atoms with van der Waals surface area (Å²) in [5, 5.41) is 0.997. The average molecular weight is 363 g/mol. The Morgan fingerprint density at radius 3 is 2.73 bits per heavy atom. The van der Waals surface area contributed by atoms with Crippen LogP contribution in [0.4, 0.5) is 0 Å². The topological polar surface area (TPSA) is 46.1 Å². The second kappa shape index (κ2) is 7.38. The van der Waals surface area contributed by atoms with Gasteiger partial charge < -0.3 is 4.90 Å². The molecule has 26 heavy (non-hydrogen) atoms. The summed E-state index contributed by atoms with van der Waals surface area (Å²) in [6, 6.07) is 14.4. The molecule has 1 saturated heterocycles. The number of carbonyl (C=O) groups excluding carboxylic acids is 1. The van der Waals surface area contributed by atoms with Gasteiger partial charge >= 0.3 is 0 Å². The third kappa shape index (κ3) is 3.40. The highest BCUT2D eigenvalue weighted by Crippen LogP contribution is 2.34. The highest BCUT2D eigenvalue weighted by molar-refractivity contribution is 7.13. The van der Waals surface area contributed by atoms with Crippen molar-refractivity contribution in [1.82, 2.24) is 14.9 Å². The molecule has 0 N–H and O–H groups in total. The Hall–Kier alpha value is -2.53. The van der Waals surface area contributed by atoms with Crippen molar-refractivity contribution in [3.05, 3.63) is 81.6 Å². The highest BCUT2D eigenvalue weighted by Gasteiger charge is 2.32. The molecule has 3 heterocycles. The molecular weight excluding hydrogens is 342 g/mol. The van der Waals surface area contributed by atoms with Crippen LogP contribution in [0.15, 0.2) is 54.9 Å². The molecule has 1 aliphatic heterocycles. The van der Waals surface area contributed by atoms with Crippen LogP contribution >= 0.6 is 11.3 Å². The van der Waals surface area contributed by atoms with Crippen LogP contribution in [0.2, 0.25) is 0 Å². The zero-order chi connectivity index (χ0) is 17.9. The molecular formula is C21H21N3OS. The number of aryl methyl sites for hydroxylation is 1. The van der Waals surface area contributed by atoms with E-state index in [1.807, 2.05) is 42.2 Å². The molecule has 0 saturated carbocycles. The van der Waals surface area contributed by atoms with Gasteiger partial charge in [-0.25, -0.2) is 4.98 Å². The third-order valence-corrected chi connectivity index (χ3v) is 5.98. The van der Waals surface area contributed by atoms with Gasteiger partial charge in [-0.15, -0.1) is 11.3 Å². The summed E-state index contributed by atoms with van der Waals surface area (Å²) in [6.45, 7) is 2.74. The Morgan fingerprint density at radius 1 is 1.19 bits per heavy atom. The predicted molar refractivity (Wildman–Crippen MR) is 103 cm³/mol. The number of benzene rings is 1. The van der Waals surface area contributed by atoms with Gasteiger partial charge in [0.05, 0.1) is 16.7 Å². The maximum absolute atomic E-state index is 13.2. The number of thiazole rings is 1. The molecule has 4 rings (SSSR count). The minimum Gasteiger partial charge on any atom is -0.331 e. The van der Waals surface area contributed by atoms with Crippen LogP contribution in [0.1, 0.15) is 50.4 Å². The Kier molecular flexibility index (Phi) is 4.80.